The number of ether oxygens (including phenoxy) is 1. The maximum absolute atomic E-state index is 9.16. The molecule has 3 aliphatic rings. The van der Waals surface area contributed by atoms with E-state index in [1.54, 1.807) is 0 Å². The van der Waals surface area contributed by atoms with Crippen LogP contribution in [0.1, 0.15) is 72.7 Å². The van der Waals surface area contributed by atoms with Gasteiger partial charge in [-0.3, -0.25) is 4.90 Å². The van der Waals surface area contributed by atoms with Gasteiger partial charge in [-0.2, -0.15) is 5.26 Å². The van der Waals surface area contributed by atoms with Crippen LogP contribution in [0.4, 0.5) is 0 Å². The van der Waals surface area contributed by atoms with Gasteiger partial charge in [0.05, 0.1) is 18.2 Å². The zero-order valence-electron chi connectivity index (χ0n) is 18.4. The molecule has 2 fully saturated rings. The van der Waals surface area contributed by atoms with Gasteiger partial charge in [0.1, 0.15) is 5.75 Å². The second-order valence-electron chi connectivity index (χ2n) is 9.33. The number of rotatable bonds is 6. The van der Waals surface area contributed by atoms with E-state index < -0.39 is 0 Å². The Morgan fingerprint density at radius 2 is 1.77 bits per heavy atom. The molecule has 0 bridgehead atoms. The molecule has 0 unspecified atom stereocenters. The van der Waals surface area contributed by atoms with Gasteiger partial charge in [0.15, 0.2) is 0 Å². The minimum absolute atomic E-state index is 0.342. The summed E-state index contributed by atoms with van der Waals surface area (Å²) in [6, 6.07) is 17.8. The van der Waals surface area contributed by atoms with Crippen LogP contribution in [0.5, 0.6) is 5.75 Å². The zero-order valence-corrected chi connectivity index (χ0v) is 18.4. The third-order valence-corrected chi connectivity index (χ3v) is 7.35. The normalized spacial score (nSPS) is 23.7. The maximum Gasteiger partial charge on any atom is 0.119 e. The van der Waals surface area contributed by atoms with Crippen LogP contribution < -0.4 is 4.74 Å². The summed E-state index contributed by atoms with van der Waals surface area (Å²) < 4.78 is 6.21. The predicted octanol–water partition coefficient (Wildman–Crippen LogP) is 5.10. The zero-order chi connectivity index (χ0) is 21.0. The van der Waals surface area contributed by atoms with Gasteiger partial charge >= 0.3 is 0 Å². The number of hydrogen-bond acceptors (Lipinski definition) is 4. The standard InChI is InChI=1S/C27H33N3O/c28-19-21-7-9-22(10-8-21)26-20-30-16-4-6-27(30)24-12-11-23(18-25(24)26)31-17-5-15-29-13-2-1-3-14-29/h7-12,18,26-27H,1-6,13-17,20H2/t26-,27-/m0/s1. The Morgan fingerprint density at radius 3 is 2.58 bits per heavy atom. The van der Waals surface area contributed by atoms with Crippen LogP contribution in [-0.2, 0) is 0 Å². The van der Waals surface area contributed by atoms with Crippen LogP contribution in [0, 0.1) is 11.3 Å². The Labute approximate surface area is 186 Å². The molecule has 3 aliphatic heterocycles. The van der Waals surface area contributed by atoms with Crippen LogP contribution in [-0.4, -0.2) is 49.1 Å². The van der Waals surface area contributed by atoms with Crippen molar-refractivity contribution in [3.63, 3.8) is 0 Å². The van der Waals surface area contributed by atoms with E-state index >= 15 is 0 Å². The quantitative estimate of drug-likeness (QED) is 0.616. The van der Waals surface area contributed by atoms with Gasteiger partial charge in [-0.15, -0.1) is 0 Å². The molecule has 0 spiro atoms. The molecule has 5 rings (SSSR count). The highest BCUT2D eigenvalue weighted by atomic mass is 16.5. The summed E-state index contributed by atoms with van der Waals surface area (Å²) in [6.07, 6.45) is 7.71. The molecule has 0 aliphatic carbocycles. The minimum atomic E-state index is 0.342. The lowest BCUT2D eigenvalue weighted by Gasteiger charge is -2.37. The number of likely N-dealkylation sites (tertiary alicyclic amines) is 1. The first-order chi connectivity index (χ1) is 15.3. The van der Waals surface area contributed by atoms with Crippen molar-refractivity contribution in [3.05, 3.63) is 64.7 Å². The Hall–Kier alpha value is -2.35. The Morgan fingerprint density at radius 1 is 0.935 bits per heavy atom. The molecule has 4 nitrogen and oxygen atoms in total. The summed E-state index contributed by atoms with van der Waals surface area (Å²) in [5.74, 6) is 1.34. The van der Waals surface area contributed by atoms with Crippen molar-refractivity contribution >= 4 is 0 Å². The number of benzene rings is 2. The van der Waals surface area contributed by atoms with E-state index in [2.05, 4.69) is 46.2 Å². The molecule has 0 saturated carbocycles. The molecule has 3 heterocycles. The molecule has 0 amide bonds. The molecule has 0 radical (unpaired) electrons. The summed E-state index contributed by atoms with van der Waals surface area (Å²) >= 11 is 0. The molecule has 0 aromatic heterocycles. The van der Waals surface area contributed by atoms with E-state index in [0.29, 0.717) is 12.0 Å². The fourth-order valence-electron chi connectivity index (χ4n) is 5.71. The third kappa shape index (κ3) is 4.49. The predicted molar refractivity (Wildman–Crippen MR) is 123 cm³/mol. The van der Waals surface area contributed by atoms with Crippen LogP contribution in [0.25, 0.3) is 0 Å². The van der Waals surface area contributed by atoms with Crippen molar-refractivity contribution in [2.24, 2.45) is 0 Å². The van der Waals surface area contributed by atoms with Gasteiger partial charge in [-0.25, -0.2) is 0 Å². The van der Waals surface area contributed by atoms with Gasteiger partial charge in [0, 0.05) is 25.0 Å². The summed E-state index contributed by atoms with van der Waals surface area (Å²) in [5, 5.41) is 9.16. The average Bonchev–Trinajstić information content (AvgIpc) is 3.31. The van der Waals surface area contributed by atoms with E-state index in [1.807, 2.05) is 12.1 Å². The number of fused-ring (bicyclic) bond motifs is 3. The minimum Gasteiger partial charge on any atom is -0.494 e. The average molecular weight is 416 g/mol. The number of hydrogen-bond donors (Lipinski definition) is 0. The first kappa shape index (κ1) is 20.5. The van der Waals surface area contributed by atoms with E-state index in [9.17, 15) is 0 Å². The molecule has 0 N–H and O–H groups in total. The molecule has 4 heteroatoms. The van der Waals surface area contributed by atoms with Gasteiger partial charge in [-0.1, -0.05) is 24.6 Å². The Bertz CT molecular complexity index is 926. The molecular formula is C27H33N3O. The molecule has 2 aromatic carbocycles. The topological polar surface area (TPSA) is 39.5 Å². The van der Waals surface area contributed by atoms with Crippen molar-refractivity contribution in [3.8, 4) is 11.8 Å². The van der Waals surface area contributed by atoms with Crippen molar-refractivity contribution in [1.29, 1.82) is 5.26 Å². The van der Waals surface area contributed by atoms with Crippen molar-refractivity contribution in [2.45, 2.75) is 50.5 Å². The van der Waals surface area contributed by atoms with Crippen molar-refractivity contribution in [1.82, 2.24) is 9.80 Å². The monoisotopic (exact) mass is 415 g/mol. The van der Waals surface area contributed by atoms with Crippen LogP contribution in [0.3, 0.4) is 0 Å². The largest absolute Gasteiger partial charge is 0.494 e. The molecule has 2 aromatic rings. The van der Waals surface area contributed by atoms with Crippen LogP contribution in [0.2, 0.25) is 0 Å². The number of piperidine rings is 1. The van der Waals surface area contributed by atoms with Crippen molar-refractivity contribution in [2.75, 3.05) is 39.3 Å². The molecule has 2 atom stereocenters. The fraction of sp³-hybridized carbons (Fsp3) is 0.519. The van der Waals surface area contributed by atoms with Gasteiger partial charge in [0.25, 0.3) is 0 Å². The van der Waals surface area contributed by atoms with Crippen LogP contribution >= 0.6 is 0 Å². The number of nitrogens with zero attached hydrogens (tertiary/aromatic N) is 3. The fourth-order valence-corrected chi connectivity index (χ4v) is 5.71. The van der Waals surface area contributed by atoms with E-state index in [0.717, 1.165) is 37.4 Å². The van der Waals surface area contributed by atoms with Crippen molar-refractivity contribution < 1.29 is 4.74 Å². The molecular weight excluding hydrogens is 382 g/mol. The highest BCUT2D eigenvalue weighted by Crippen LogP contribution is 2.45. The Balaban J connectivity index is 1.31. The van der Waals surface area contributed by atoms with Crippen LogP contribution in [0.15, 0.2) is 42.5 Å². The summed E-state index contributed by atoms with van der Waals surface area (Å²) in [5.41, 5.74) is 4.91. The van der Waals surface area contributed by atoms with E-state index in [1.165, 1.54) is 68.4 Å². The summed E-state index contributed by atoms with van der Waals surface area (Å²) in [7, 11) is 0. The summed E-state index contributed by atoms with van der Waals surface area (Å²) in [4.78, 5) is 5.22. The summed E-state index contributed by atoms with van der Waals surface area (Å²) in [6.45, 7) is 6.68. The van der Waals surface area contributed by atoms with Gasteiger partial charge in [0.2, 0.25) is 0 Å². The van der Waals surface area contributed by atoms with Gasteiger partial charge in [-0.05, 0) is 92.7 Å². The highest BCUT2D eigenvalue weighted by Gasteiger charge is 2.36. The lowest BCUT2D eigenvalue weighted by Crippen LogP contribution is -2.34. The third-order valence-electron chi connectivity index (χ3n) is 7.35. The van der Waals surface area contributed by atoms with E-state index in [-0.39, 0.29) is 0 Å². The second kappa shape index (κ2) is 9.42. The van der Waals surface area contributed by atoms with Gasteiger partial charge < -0.3 is 9.64 Å². The SMILES string of the molecule is N#Cc1ccc([C@@H]2CN3CCC[C@H]3c3ccc(OCCCN4CCCCC4)cc32)cc1. The number of nitriles is 1. The first-order valence-corrected chi connectivity index (χ1v) is 12.0. The molecule has 31 heavy (non-hydrogen) atoms. The Kier molecular flexibility index (Phi) is 6.25. The lowest BCUT2D eigenvalue weighted by atomic mass is 9.81. The molecule has 162 valence electrons. The lowest BCUT2D eigenvalue weighted by molar-refractivity contribution is 0.204. The molecule has 2 saturated heterocycles. The smallest absolute Gasteiger partial charge is 0.119 e. The van der Waals surface area contributed by atoms with E-state index in [4.69, 9.17) is 10.00 Å². The first-order valence-electron chi connectivity index (χ1n) is 12.0. The second-order valence-corrected chi connectivity index (χ2v) is 9.33. The highest BCUT2D eigenvalue weighted by molar-refractivity contribution is 5.47. The maximum atomic E-state index is 9.16.